The number of carbonyl (C=O) groups excluding carboxylic acids is 1. The summed E-state index contributed by atoms with van der Waals surface area (Å²) in [5, 5.41) is 12.1. The van der Waals surface area contributed by atoms with Gasteiger partial charge in [-0.25, -0.2) is 4.39 Å². The van der Waals surface area contributed by atoms with Crippen molar-refractivity contribution in [2.24, 2.45) is 0 Å². The molecule has 0 aromatic heterocycles. The molecule has 0 heterocycles. The van der Waals surface area contributed by atoms with Gasteiger partial charge in [0.05, 0.1) is 0 Å². The average Bonchev–Trinajstić information content (AvgIpc) is 2.15. The lowest BCUT2D eigenvalue weighted by atomic mass is 10.1. The molecule has 0 radical (unpaired) electrons. The van der Waals surface area contributed by atoms with Gasteiger partial charge < -0.3 is 15.3 Å². The minimum atomic E-state index is -0.723. The Morgan fingerprint density at radius 3 is 2.71 bits per heavy atom. The summed E-state index contributed by atoms with van der Waals surface area (Å²) in [5.41, 5.74) is -0.307. The van der Waals surface area contributed by atoms with E-state index in [0.29, 0.717) is 6.54 Å². The smallest absolute Gasteiger partial charge is 0.258 e. The van der Waals surface area contributed by atoms with E-state index in [1.54, 1.807) is 0 Å². The van der Waals surface area contributed by atoms with Crippen LogP contribution in [-0.2, 0) is 0 Å². The van der Waals surface area contributed by atoms with Crippen LogP contribution in [0.2, 0.25) is 0 Å². The number of nitrogens with one attached hydrogen (secondary N) is 1. The van der Waals surface area contributed by atoms with Crippen molar-refractivity contribution in [2.75, 3.05) is 20.6 Å². The maximum Gasteiger partial charge on any atom is 0.258 e. The fraction of sp³-hybridized carbons (Fsp3) is 0.417. The predicted octanol–water partition coefficient (Wildman–Crippen LogP) is 1.21. The highest BCUT2D eigenvalue weighted by molar-refractivity contribution is 5.97. The van der Waals surface area contributed by atoms with E-state index in [2.05, 4.69) is 5.32 Å². The number of carbonyl (C=O) groups is 1. The summed E-state index contributed by atoms with van der Waals surface area (Å²) >= 11 is 0. The Morgan fingerprint density at radius 2 is 2.18 bits per heavy atom. The average molecular weight is 240 g/mol. The van der Waals surface area contributed by atoms with E-state index in [1.807, 2.05) is 25.9 Å². The van der Waals surface area contributed by atoms with Crippen molar-refractivity contribution >= 4 is 5.91 Å². The lowest BCUT2D eigenvalue weighted by molar-refractivity contribution is 0.0927. The molecule has 4 nitrogen and oxygen atoms in total. The van der Waals surface area contributed by atoms with Crippen molar-refractivity contribution in [3.8, 4) is 5.75 Å². The monoisotopic (exact) mass is 240 g/mol. The van der Waals surface area contributed by atoms with Crippen LogP contribution in [0, 0.1) is 5.82 Å². The van der Waals surface area contributed by atoms with Crippen molar-refractivity contribution < 1.29 is 14.3 Å². The Bertz CT molecular complexity index is 387. The zero-order chi connectivity index (χ0) is 13.0. The van der Waals surface area contributed by atoms with Gasteiger partial charge in [0.1, 0.15) is 17.1 Å². The van der Waals surface area contributed by atoms with Gasteiger partial charge >= 0.3 is 0 Å². The van der Waals surface area contributed by atoms with Gasteiger partial charge in [0, 0.05) is 12.6 Å². The van der Waals surface area contributed by atoms with E-state index in [4.69, 9.17) is 0 Å². The van der Waals surface area contributed by atoms with Crippen LogP contribution in [0.3, 0.4) is 0 Å². The Labute approximate surface area is 100 Å². The summed E-state index contributed by atoms with van der Waals surface area (Å²) in [4.78, 5) is 13.7. The highest BCUT2D eigenvalue weighted by Gasteiger charge is 2.18. The zero-order valence-electron chi connectivity index (χ0n) is 10.2. The molecule has 0 aliphatic carbocycles. The van der Waals surface area contributed by atoms with Crippen LogP contribution in [0.4, 0.5) is 4.39 Å². The molecular formula is C12H17FN2O2. The largest absolute Gasteiger partial charge is 0.507 e. The maximum atomic E-state index is 13.4. The Morgan fingerprint density at radius 1 is 1.53 bits per heavy atom. The number of likely N-dealkylation sites (N-methyl/N-ethyl adjacent to an activating group) is 1. The third-order valence-electron chi connectivity index (χ3n) is 2.24. The molecular weight excluding hydrogens is 223 g/mol. The first-order chi connectivity index (χ1) is 7.91. The van der Waals surface area contributed by atoms with Crippen molar-refractivity contribution in [1.82, 2.24) is 10.2 Å². The van der Waals surface area contributed by atoms with Crippen LogP contribution in [0.1, 0.15) is 17.3 Å². The number of amides is 1. The molecule has 1 atom stereocenters. The molecule has 1 aromatic carbocycles. The summed E-state index contributed by atoms with van der Waals surface area (Å²) in [6.07, 6.45) is 0. The van der Waals surface area contributed by atoms with E-state index < -0.39 is 11.7 Å². The molecule has 5 heteroatoms. The molecule has 0 spiro atoms. The van der Waals surface area contributed by atoms with Gasteiger partial charge in [-0.1, -0.05) is 6.07 Å². The summed E-state index contributed by atoms with van der Waals surface area (Å²) in [5.74, 6) is -1.67. The lowest BCUT2D eigenvalue weighted by Gasteiger charge is -2.18. The summed E-state index contributed by atoms with van der Waals surface area (Å²) in [6.45, 7) is 2.46. The highest BCUT2D eigenvalue weighted by Crippen LogP contribution is 2.19. The molecule has 1 rings (SSSR count). The topological polar surface area (TPSA) is 52.6 Å². The fourth-order valence-electron chi connectivity index (χ4n) is 1.63. The summed E-state index contributed by atoms with van der Waals surface area (Å²) < 4.78 is 13.4. The molecule has 0 aliphatic rings. The number of aromatic hydroxyl groups is 1. The van der Waals surface area contributed by atoms with Gasteiger partial charge in [-0.2, -0.15) is 0 Å². The molecule has 0 saturated heterocycles. The number of hydrogen-bond acceptors (Lipinski definition) is 3. The number of halogens is 1. The second kappa shape index (κ2) is 5.63. The fourth-order valence-corrected chi connectivity index (χ4v) is 1.63. The van der Waals surface area contributed by atoms with E-state index in [9.17, 15) is 14.3 Å². The Kier molecular flexibility index (Phi) is 4.45. The first-order valence-electron chi connectivity index (χ1n) is 5.35. The van der Waals surface area contributed by atoms with Gasteiger partial charge in [-0.15, -0.1) is 0 Å². The maximum absolute atomic E-state index is 13.4. The third-order valence-corrected chi connectivity index (χ3v) is 2.24. The lowest BCUT2D eigenvalue weighted by Crippen LogP contribution is -2.39. The van der Waals surface area contributed by atoms with Gasteiger partial charge in [-0.3, -0.25) is 4.79 Å². The van der Waals surface area contributed by atoms with Crippen LogP contribution in [0.5, 0.6) is 5.75 Å². The number of nitrogens with zero attached hydrogens (tertiary/aromatic N) is 1. The molecule has 0 fully saturated rings. The van der Waals surface area contributed by atoms with Crippen molar-refractivity contribution in [1.29, 1.82) is 0 Å². The standard InChI is InChI=1S/C12H17FN2O2/c1-8(7-15(2)3)14-12(17)11-9(13)5-4-6-10(11)16/h4-6,8,16H,7H2,1-3H3,(H,14,17). The van der Waals surface area contributed by atoms with Crippen LogP contribution < -0.4 is 5.32 Å². The predicted molar refractivity (Wildman–Crippen MR) is 63.5 cm³/mol. The van der Waals surface area contributed by atoms with Crippen LogP contribution >= 0.6 is 0 Å². The van der Waals surface area contributed by atoms with Crippen molar-refractivity contribution in [3.63, 3.8) is 0 Å². The first kappa shape index (κ1) is 13.4. The number of rotatable bonds is 4. The number of phenolic OH excluding ortho intramolecular Hbond substituents is 1. The van der Waals surface area contributed by atoms with E-state index >= 15 is 0 Å². The normalized spacial score (nSPS) is 12.5. The number of hydrogen-bond donors (Lipinski definition) is 2. The molecule has 2 N–H and O–H groups in total. The van der Waals surface area contributed by atoms with Gasteiger partial charge in [0.15, 0.2) is 0 Å². The second-order valence-electron chi connectivity index (χ2n) is 4.27. The van der Waals surface area contributed by atoms with E-state index in [1.165, 1.54) is 12.1 Å². The van der Waals surface area contributed by atoms with Crippen LogP contribution in [0.15, 0.2) is 18.2 Å². The minimum Gasteiger partial charge on any atom is -0.507 e. The molecule has 0 bridgehead atoms. The number of benzene rings is 1. The SMILES string of the molecule is CC(CN(C)C)NC(=O)c1c(O)cccc1F. The van der Waals surface area contributed by atoms with Crippen molar-refractivity contribution in [3.05, 3.63) is 29.6 Å². The van der Waals surface area contributed by atoms with Crippen LogP contribution in [0.25, 0.3) is 0 Å². The quantitative estimate of drug-likeness (QED) is 0.831. The zero-order valence-corrected chi connectivity index (χ0v) is 10.2. The third kappa shape index (κ3) is 3.71. The molecule has 17 heavy (non-hydrogen) atoms. The highest BCUT2D eigenvalue weighted by atomic mass is 19.1. The van der Waals surface area contributed by atoms with E-state index in [0.717, 1.165) is 6.07 Å². The molecule has 94 valence electrons. The molecule has 0 aliphatic heterocycles. The van der Waals surface area contributed by atoms with Crippen LogP contribution in [-0.4, -0.2) is 42.6 Å². The van der Waals surface area contributed by atoms with Gasteiger partial charge in [-0.05, 0) is 33.2 Å². The Balaban J connectivity index is 2.77. The summed E-state index contributed by atoms with van der Waals surface area (Å²) in [6, 6.07) is 3.65. The second-order valence-corrected chi connectivity index (χ2v) is 4.27. The summed E-state index contributed by atoms with van der Waals surface area (Å²) in [7, 11) is 3.76. The number of phenols is 1. The molecule has 1 aromatic rings. The minimum absolute atomic E-state index is 0.128. The molecule has 0 saturated carbocycles. The first-order valence-corrected chi connectivity index (χ1v) is 5.35. The molecule has 1 amide bonds. The Hall–Kier alpha value is -1.62. The van der Waals surface area contributed by atoms with Crippen molar-refractivity contribution in [2.45, 2.75) is 13.0 Å². The van der Waals surface area contributed by atoms with Gasteiger partial charge in [0.25, 0.3) is 5.91 Å². The molecule has 1 unspecified atom stereocenters. The van der Waals surface area contributed by atoms with E-state index in [-0.39, 0.29) is 17.4 Å². The van der Waals surface area contributed by atoms with Gasteiger partial charge in [0.2, 0.25) is 0 Å².